The molecule has 4 heteroatoms. The summed E-state index contributed by atoms with van der Waals surface area (Å²) in [6, 6.07) is 30.1. The molecule has 3 atom stereocenters. The van der Waals surface area contributed by atoms with Crippen LogP contribution in [0.5, 0.6) is 0 Å². The van der Waals surface area contributed by atoms with Gasteiger partial charge in [-0.3, -0.25) is 0 Å². The molecule has 0 bridgehead atoms. The second kappa shape index (κ2) is 7.67. The van der Waals surface area contributed by atoms with Gasteiger partial charge in [0.15, 0.2) is 7.14 Å². The summed E-state index contributed by atoms with van der Waals surface area (Å²) in [7, 11) is -3.14. The Labute approximate surface area is 231 Å². The number of hydrogen-bond donors (Lipinski definition) is 0. The molecule has 0 radical (unpaired) electrons. The second-order valence-corrected chi connectivity index (χ2v) is 15.2. The fourth-order valence-electron chi connectivity index (χ4n) is 8.47. The maximum Gasteiger partial charge on any atom is 0.179 e. The average Bonchev–Trinajstić information content (AvgIpc) is 3.17. The zero-order chi connectivity index (χ0) is 26.7. The van der Waals surface area contributed by atoms with Crippen molar-refractivity contribution in [2.45, 2.75) is 70.3 Å². The van der Waals surface area contributed by atoms with Crippen molar-refractivity contribution in [1.29, 1.82) is 0 Å². The van der Waals surface area contributed by atoms with Gasteiger partial charge in [-0.05, 0) is 79.3 Å². The molecule has 4 aromatic rings. The predicted octanol–water partition coefficient (Wildman–Crippen LogP) is 8.29. The Morgan fingerprint density at radius 3 is 2.10 bits per heavy atom. The fraction of sp³-hybridized carbons (Fsp3) is 0.314. The van der Waals surface area contributed by atoms with Gasteiger partial charge in [0.05, 0.1) is 33.6 Å². The molecule has 3 nitrogen and oxygen atoms in total. The Morgan fingerprint density at radius 2 is 1.38 bits per heavy atom. The summed E-state index contributed by atoms with van der Waals surface area (Å²) >= 11 is 0. The highest BCUT2D eigenvalue weighted by Crippen LogP contribution is 2.69. The highest BCUT2D eigenvalue weighted by atomic mass is 31.2. The molecular weight excluding hydrogens is 495 g/mol. The molecule has 0 saturated heterocycles. The van der Waals surface area contributed by atoms with Gasteiger partial charge in [-0.2, -0.15) is 0 Å². The molecule has 39 heavy (non-hydrogen) atoms. The van der Waals surface area contributed by atoms with E-state index in [9.17, 15) is 0 Å². The number of para-hydroxylation sites is 3. The van der Waals surface area contributed by atoms with Gasteiger partial charge in [0.1, 0.15) is 0 Å². The smallest absolute Gasteiger partial charge is 0.179 e. The molecule has 0 spiro atoms. The molecule has 0 N–H and O–H groups in total. The number of anilines is 5. The Balaban J connectivity index is 1.60. The molecule has 1 saturated carbocycles. The van der Waals surface area contributed by atoms with Crippen molar-refractivity contribution in [2.75, 3.05) is 9.80 Å². The van der Waals surface area contributed by atoms with Gasteiger partial charge in [-0.25, -0.2) is 0 Å². The Hall–Kier alpha value is -3.29. The lowest BCUT2D eigenvalue weighted by atomic mass is 9.60. The van der Waals surface area contributed by atoms with Crippen LogP contribution in [0.3, 0.4) is 0 Å². The molecular formula is C35H35N2OP. The highest BCUT2D eigenvalue weighted by molar-refractivity contribution is 7.86. The van der Waals surface area contributed by atoms with E-state index in [1.807, 2.05) is 0 Å². The molecule has 2 unspecified atom stereocenters. The monoisotopic (exact) mass is 530 g/mol. The predicted molar refractivity (Wildman–Crippen MR) is 165 cm³/mol. The first-order valence-corrected chi connectivity index (χ1v) is 16.2. The number of rotatable bonds is 2. The van der Waals surface area contributed by atoms with E-state index in [-0.39, 0.29) is 11.0 Å². The van der Waals surface area contributed by atoms with Crippen molar-refractivity contribution in [1.82, 2.24) is 0 Å². The van der Waals surface area contributed by atoms with Crippen LogP contribution >= 0.6 is 7.14 Å². The Morgan fingerprint density at radius 1 is 0.769 bits per heavy atom. The summed E-state index contributed by atoms with van der Waals surface area (Å²) in [6.07, 6.45) is 4.78. The highest BCUT2D eigenvalue weighted by Gasteiger charge is 2.64. The summed E-state index contributed by atoms with van der Waals surface area (Å²) in [6.45, 7) is 9.66. The third kappa shape index (κ3) is 2.64. The zero-order valence-electron chi connectivity index (χ0n) is 23.2. The molecule has 8 rings (SSSR count). The minimum atomic E-state index is -3.14. The lowest BCUT2D eigenvalue weighted by molar-refractivity contribution is 0.194. The third-order valence-electron chi connectivity index (χ3n) is 10.4. The first kappa shape index (κ1) is 23.6. The summed E-state index contributed by atoms with van der Waals surface area (Å²) in [5.74, 6) is 0.357. The summed E-state index contributed by atoms with van der Waals surface area (Å²) in [5, 5.41) is 3.01. The quantitative estimate of drug-likeness (QED) is 0.215. The van der Waals surface area contributed by atoms with E-state index in [0.717, 1.165) is 51.5 Å². The zero-order valence-corrected chi connectivity index (χ0v) is 24.1. The number of nitrogens with zero attached hydrogens (tertiary/aromatic N) is 2. The maximum absolute atomic E-state index is 16.1. The lowest BCUT2D eigenvalue weighted by Gasteiger charge is -2.52. The molecule has 0 aromatic heterocycles. The largest absolute Gasteiger partial charge is 0.333 e. The van der Waals surface area contributed by atoms with Gasteiger partial charge in [0, 0.05) is 21.7 Å². The van der Waals surface area contributed by atoms with Crippen LogP contribution in [0.25, 0.3) is 0 Å². The summed E-state index contributed by atoms with van der Waals surface area (Å²) < 4.78 is 16.1. The first-order chi connectivity index (χ1) is 18.8. The van der Waals surface area contributed by atoms with Crippen LogP contribution in [0.15, 0.2) is 84.9 Å². The van der Waals surface area contributed by atoms with E-state index in [1.54, 1.807) is 0 Å². The van der Waals surface area contributed by atoms with E-state index in [4.69, 9.17) is 0 Å². The van der Waals surface area contributed by atoms with E-state index in [2.05, 4.69) is 122 Å². The summed E-state index contributed by atoms with van der Waals surface area (Å²) in [5.41, 5.74) is 8.43. The SMILES string of the molecule is CC(C)c1cc2c3c4c1[C@]1(C)CCCCC1(C)N4c1ccccc1P3(=O)c1ccccc1N2c1ccccc1. The van der Waals surface area contributed by atoms with Crippen molar-refractivity contribution in [3.63, 3.8) is 0 Å². The van der Waals surface area contributed by atoms with Crippen LogP contribution in [0.4, 0.5) is 28.4 Å². The van der Waals surface area contributed by atoms with Crippen LogP contribution in [-0.2, 0) is 9.98 Å². The molecule has 3 heterocycles. The number of benzene rings is 4. The minimum absolute atomic E-state index is 0.00790. The average molecular weight is 531 g/mol. The Bertz CT molecular complexity index is 1730. The number of fused-ring (bicyclic) bond motifs is 8. The van der Waals surface area contributed by atoms with Crippen molar-refractivity contribution in [2.24, 2.45) is 0 Å². The maximum atomic E-state index is 16.1. The van der Waals surface area contributed by atoms with Gasteiger partial charge >= 0.3 is 0 Å². The Kier molecular flexibility index (Phi) is 4.64. The molecule has 1 aliphatic carbocycles. The second-order valence-electron chi connectivity index (χ2n) is 12.6. The molecule has 4 aliphatic rings. The summed E-state index contributed by atoms with van der Waals surface area (Å²) in [4.78, 5) is 5.04. The van der Waals surface area contributed by atoms with E-state index < -0.39 is 7.14 Å². The lowest BCUT2D eigenvalue weighted by Crippen LogP contribution is -2.57. The van der Waals surface area contributed by atoms with Crippen molar-refractivity contribution in [3.05, 3.63) is 96.1 Å². The van der Waals surface area contributed by atoms with Crippen LogP contribution in [0.1, 0.15) is 70.4 Å². The van der Waals surface area contributed by atoms with Gasteiger partial charge in [-0.1, -0.05) is 76.1 Å². The van der Waals surface area contributed by atoms with E-state index in [0.29, 0.717) is 5.92 Å². The normalized spacial score (nSPS) is 27.6. The van der Waals surface area contributed by atoms with Gasteiger partial charge in [0.2, 0.25) is 0 Å². The third-order valence-corrected chi connectivity index (χ3v) is 13.6. The molecule has 3 aliphatic heterocycles. The van der Waals surface area contributed by atoms with E-state index in [1.165, 1.54) is 29.7 Å². The van der Waals surface area contributed by atoms with Crippen LogP contribution in [0.2, 0.25) is 0 Å². The topological polar surface area (TPSA) is 23.6 Å². The van der Waals surface area contributed by atoms with Crippen LogP contribution in [0, 0.1) is 0 Å². The van der Waals surface area contributed by atoms with Gasteiger partial charge in [0.25, 0.3) is 0 Å². The molecule has 196 valence electrons. The molecule has 1 fully saturated rings. The van der Waals surface area contributed by atoms with Crippen LogP contribution in [-0.4, -0.2) is 5.54 Å². The minimum Gasteiger partial charge on any atom is -0.333 e. The van der Waals surface area contributed by atoms with Crippen molar-refractivity contribution in [3.8, 4) is 0 Å². The molecule has 0 amide bonds. The first-order valence-electron chi connectivity index (χ1n) is 14.5. The van der Waals surface area contributed by atoms with Gasteiger partial charge < -0.3 is 14.4 Å². The standard InChI is InChI=1S/C35H35N2OP/c1-23(2)25-22-28-33-32-31(25)34(3)20-12-13-21-35(34,4)37(32)27-17-9-11-19-30(27)39(33,38)29-18-10-8-16-26(29)36(28)24-14-6-5-7-15-24/h5-11,14-19,22-23H,12-13,20-21H2,1-4H3/t34-,35?,39?/m0/s1. The van der Waals surface area contributed by atoms with E-state index >= 15 is 4.57 Å². The fourth-order valence-corrected chi connectivity index (χ4v) is 11.8. The molecule has 4 aromatic carbocycles. The van der Waals surface area contributed by atoms with Crippen LogP contribution < -0.4 is 25.7 Å². The van der Waals surface area contributed by atoms with Gasteiger partial charge in [-0.15, -0.1) is 0 Å². The number of hydrogen-bond acceptors (Lipinski definition) is 3. The van der Waals surface area contributed by atoms with Crippen molar-refractivity contribution < 1.29 is 4.57 Å². The van der Waals surface area contributed by atoms with Crippen molar-refractivity contribution >= 4 is 51.5 Å².